The zero-order chi connectivity index (χ0) is 22.3. The van der Waals surface area contributed by atoms with E-state index in [1.54, 1.807) is 12.1 Å². The van der Waals surface area contributed by atoms with E-state index < -0.39 is 5.82 Å². The Balaban J connectivity index is 1.32. The fraction of sp³-hybridized carbons (Fsp3) is 0.231. The molecule has 3 aromatic carbocycles. The van der Waals surface area contributed by atoms with Gasteiger partial charge in [0.05, 0.1) is 16.6 Å². The van der Waals surface area contributed by atoms with Gasteiger partial charge in [-0.05, 0) is 54.8 Å². The first kappa shape index (κ1) is 22.2. The lowest BCUT2D eigenvalue weighted by Gasteiger charge is -2.10. The van der Waals surface area contributed by atoms with Crippen molar-refractivity contribution in [3.05, 3.63) is 100 Å². The summed E-state index contributed by atoms with van der Waals surface area (Å²) in [6.07, 6.45) is 3.64. The highest BCUT2D eigenvalue weighted by atomic mass is 79.9. The van der Waals surface area contributed by atoms with Crippen LogP contribution in [-0.4, -0.2) is 22.0 Å². The molecule has 0 bridgehead atoms. The molecule has 0 atom stereocenters. The number of aromatic nitrogens is 2. The lowest BCUT2D eigenvalue weighted by Crippen LogP contribution is -2.25. The van der Waals surface area contributed by atoms with Gasteiger partial charge in [-0.25, -0.2) is 9.37 Å². The maximum atomic E-state index is 13.7. The molecule has 164 valence electrons. The summed E-state index contributed by atoms with van der Waals surface area (Å²) >= 11 is 3.49. The zero-order valence-corrected chi connectivity index (χ0v) is 19.3. The zero-order valence-electron chi connectivity index (χ0n) is 17.7. The van der Waals surface area contributed by atoms with Crippen molar-refractivity contribution in [3.8, 4) is 0 Å². The number of imidazole rings is 1. The summed E-state index contributed by atoms with van der Waals surface area (Å²) in [4.78, 5) is 17.0. The molecule has 1 amide bonds. The van der Waals surface area contributed by atoms with Crippen LogP contribution in [0.3, 0.4) is 0 Å². The highest BCUT2D eigenvalue weighted by Gasteiger charge is 2.12. The van der Waals surface area contributed by atoms with Crippen molar-refractivity contribution in [1.29, 1.82) is 0 Å². The van der Waals surface area contributed by atoms with Crippen LogP contribution in [0.2, 0.25) is 0 Å². The number of amides is 1. The molecule has 1 heterocycles. The minimum absolute atomic E-state index is 0.0918. The Hall–Kier alpha value is -2.99. The Morgan fingerprint density at radius 1 is 0.938 bits per heavy atom. The van der Waals surface area contributed by atoms with Gasteiger partial charge in [0.2, 0.25) is 0 Å². The van der Waals surface area contributed by atoms with E-state index in [-0.39, 0.29) is 11.5 Å². The van der Waals surface area contributed by atoms with Crippen LogP contribution in [0.4, 0.5) is 4.39 Å². The Labute approximate surface area is 195 Å². The minimum Gasteiger partial charge on any atom is -0.352 e. The van der Waals surface area contributed by atoms with E-state index in [0.717, 1.165) is 53.6 Å². The molecule has 1 aromatic heterocycles. The third kappa shape index (κ3) is 5.43. The molecule has 4 nitrogen and oxygen atoms in total. The third-order valence-corrected chi connectivity index (χ3v) is 6.00. The maximum absolute atomic E-state index is 13.7. The second-order valence-electron chi connectivity index (χ2n) is 7.78. The summed E-state index contributed by atoms with van der Waals surface area (Å²) in [5.74, 6) is 0.221. The first-order valence-corrected chi connectivity index (χ1v) is 11.6. The second-order valence-corrected chi connectivity index (χ2v) is 8.69. The summed E-state index contributed by atoms with van der Waals surface area (Å²) in [7, 11) is 0. The normalized spacial score (nSPS) is 11.1. The molecule has 6 heteroatoms. The molecule has 4 rings (SSSR count). The summed E-state index contributed by atoms with van der Waals surface area (Å²) in [5, 5.41) is 2.80. The number of carbonyl (C=O) groups excluding carboxylic acids is 1. The van der Waals surface area contributed by atoms with E-state index in [2.05, 4.69) is 62.2 Å². The van der Waals surface area contributed by atoms with Gasteiger partial charge in [0, 0.05) is 24.0 Å². The smallest absolute Gasteiger partial charge is 0.254 e. The second kappa shape index (κ2) is 10.6. The minimum atomic E-state index is -0.491. The van der Waals surface area contributed by atoms with E-state index >= 15 is 0 Å². The number of hydrogen-bond donors (Lipinski definition) is 1. The lowest BCUT2D eigenvalue weighted by molar-refractivity contribution is 0.0949. The van der Waals surface area contributed by atoms with Crippen molar-refractivity contribution >= 4 is 32.9 Å². The number of aryl methyl sites for hydroxylation is 1. The van der Waals surface area contributed by atoms with Crippen LogP contribution < -0.4 is 5.32 Å². The van der Waals surface area contributed by atoms with E-state index in [1.807, 2.05) is 12.1 Å². The van der Waals surface area contributed by atoms with E-state index in [4.69, 9.17) is 4.98 Å². The fourth-order valence-corrected chi connectivity index (χ4v) is 4.06. The quantitative estimate of drug-likeness (QED) is 0.285. The number of rotatable bonds is 9. The number of fused-ring (bicyclic) bond motifs is 1. The molecular formula is C26H25BrFN3O. The van der Waals surface area contributed by atoms with Gasteiger partial charge in [-0.1, -0.05) is 58.7 Å². The van der Waals surface area contributed by atoms with Crippen LogP contribution in [-0.2, 0) is 13.0 Å². The predicted octanol–water partition coefficient (Wildman–Crippen LogP) is 6.13. The average molecular weight is 494 g/mol. The van der Waals surface area contributed by atoms with E-state index in [9.17, 15) is 9.18 Å². The number of nitrogens with one attached hydrogen (secondary N) is 1. The summed E-state index contributed by atoms with van der Waals surface area (Å²) in [5.41, 5.74) is 3.47. The lowest BCUT2D eigenvalue weighted by atomic mass is 10.1. The molecule has 0 saturated heterocycles. The van der Waals surface area contributed by atoms with Gasteiger partial charge in [0.1, 0.15) is 11.6 Å². The number of unbranched alkanes of at least 4 members (excludes halogenated alkanes) is 2. The van der Waals surface area contributed by atoms with Gasteiger partial charge in [-0.3, -0.25) is 4.79 Å². The number of para-hydroxylation sites is 2. The van der Waals surface area contributed by atoms with Crippen molar-refractivity contribution in [2.24, 2.45) is 0 Å². The number of halogens is 2. The van der Waals surface area contributed by atoms with Gasteiger partial charge in [-0.15, -0.1) is 0 Å². The van der Waals surface area contributed by atoms with Crippen LogP contribution in [0, 0.1) is 5.82 Å². The Kier molecular flexibility index (Phi) is 7.32. The van der Waals surface area contributed by atoms with Gasteiger partial charge in [0.15, 0.2) is 0 Å². The fourth-order valence-electron chi connectivity index (χ4n) is 3.79. The predicted molar refractivity (Wildman–Crippen MR) is 129 cm³/mol. The molecule has 0 radical (unpaired) electrons. The van der Waals surface area contributed by atoms with Crippen molar-refractivity contribution in [2.45, 2.75) is 32.2 Å². The highest BCUT2D eigenvalue weighted by Crippen LogP contribution is 2.20. The van der Waals surface area contributed by atoms with Crippen molar-refractivity contribution in [3.63, 3.8) is 0 Å². The molecule has 0 aliphatic rings. The molecule has 4 aromatic rings. The van der Waals surface area contributed by atoms with Crippen LogP contribution in [0.1, 0.15) is 41.0 Å². The van der Waals surface area contributed by atoms with Gasteiger partial charge >= 0.3 is 0 Å². The van der Waals surface area contributed by atoms with Crippen molar-refractivity contribution < 1.29 is 9.18 Å². The molecule has 0 aliphatic carbocycles. The summed E-state index contributed by atoms with van der Waals surface area (Å²) in [6.45, 7) is 1.31. The number of nitrogens with zero attached hydrogens (tertiary/aromatic N) is 2. The van der Waals surface area contributed by atoms with Crippen LogP contribution in [0.15, 0.2) is 77.3 Å². The Bertz CT molecular complexity index is 1200. The van der Waals surface area contributed by atoms with Crippen LogP contribution >= 0.6 is 15.9 Å². The average Bonchev–Trinajstić information content (AvgIpc) is 3.15. The molecule has 0 fully saturated rings. The monoisotopic (exact) mass is 493 g/mol. The highest BCUT2D eigenvalue weighted by molar-refractivity contribution is 9.10. The van der Waals surface area contributed by atoms with Crippen molar-refractivity contribution in [2.75, 3.05) is 6.54 Å². The Morgan fingerprint density at radius 2 is 1.69 bits per heavy atom. The first-order valence-electron chi connectivity index (χ1n) is 10.8. The van der Waals surface area contributed by atoms with Gasteiger partial charge < -0.3 is 9.88 Å². The first-order chi connectivity index (χ1) is 15.6. The van der Waals surface area contributed by atoms with Crippen molar-refractivity contribution in [1.82, 2.24) is 14.9 Å². The van der Waals surface area contributed by atoms with Crippen LogP contribution in [0.5, 0.6) is 0 Å². The number of carbonyl (C=O) groups is 1. The van der Waals surface area contributed by atoms with Crippen LogP contribution in [0.25, 0.3) is 11.0 Å². The number of benzene rings is 3. The number of hydrogen-bond acceptors (Lipinski definition) is 2. The van der Waals surface area contributed by atoms with E-state index in [1.165, 1.54) is 17.7 Å². The largest absolute Gasteiger partial charge is 0.352 e. The molecule has 32 heavy (non-hydrogen) atoms. The van der Waals surface area contributed by atoms with Gasteiger partial charge in [0.25, 0.3) is 5.91 Å². The molecule has 0 spiro atoms. The van der Waals surface area contributed by atoms with E-state index in [0.29, 0.717) is 6.54 Å². The molecule has 0 unspecified atom stereocenters. The third-order valence-electron chi connectivity index (χ3n) is 5.47. The maximum Gasteiger partial charge on any atom is 0.254 e. The topological polar surface area (TPSA) is 46.9 Å². The molecular weight excluding hydrogens is 469 g/mol. The molecule has 0 saturated carbocycles. The van der Waals surface area contributed by atoms with Gasteiger partial charge in [-0.2, -0.15) is 0 Å². The Morgan fingerprint density at radius 3 is 2.50 bits per heavy atom. The molecule has 0 aliphatic heterocycles. The summed E-state index contributed by atoms with van der Waals surface area (Å²) in [6, 6.07) is 22.6. The SMILES string of the molecule is O=C(NCCCCCc1nc2ccccc2n1Cc1ccc(Br)cc1)c1ccccc1F. The standard InChI is InChI=1S/C26H25BrFN3O/c27-20-15-13-19(14-16-20)18-31-24-11-6-5-10-23(24)30-25(31)12-2-1-7-17-29-26(32)21-8-3-4-9-22(21)28/h3-6,8-11,13-16H,1-2,7,12,17-18H2,(H,29,32). The summed E-state index contributed by atoms with van der Waals surface area (Å²) < 4.78 is 17.0. The molecule has 1 N–H and O–H groups in total.